The molecule has 5 nitrogen and oxygen atoms in total. The molecule has 6 heteroatoms. The summed E-state index contributed by atoms with van der Waals surface area (Å²) in [5.41, 5.74) is 2.32. The van der Waals surface area contributed by atoms with Crippen LogP contribution in [0.15, 0.2) is 59.6 Å². The molecule has 0 bridgehead atoms. The highest BCUT2D eigenvalue weighted by Crippen LogP contribution is 2.14. The van der Waals surface area contributed by atoms with Gasteiger partial charge in [0.1, 0.15) is 12.4 Å². The first-order valence-corrected chi connectivity index (χ1v) is 8.01. The molecule has 0 unspecified atom stereocenters. The third-order valence-corrected chi connectivity index (χ3v) is 3.45. The second-order valence-electron chi connectivity index (χ2n) is 5.26. The summed E-state index contributed by atoms with van der Waals surface area (Å²) in [6, 6.07) is 18.2. The number of ether oxygens (including phenoxy) is 2. The predicted molar refractivity (Wildman–Crippen MR) is 113 cm³/mol. The van der Waals surface area contributed by atoms with Crippen LogP contribution in [0.1, 0.15) is 11.1 Å². The maximum Gasteiger partial charge on any atom is 0.191 e. The number of halogens is 1. The number of hydrogen-bond acceptors (Lipinski definition) is 3. The summed E-state index contributed by atoms with van der Waals surface area (Å²) in [6.07, 6.45) is 0. The lowest BCUT2D eigenvalue weighted by molar-refractivity contribution is 0.203. The van der Waals surface area contributed by atoms with E-state index in [0.29, 0.717) is 19.8 Å². The van der Waals surface area contributed by atoms with Crippen LogP contribution in [0, 0.1) is 0 Å². The van der Waals surface area contributed by atoms with Crippen LogP contribution in [0.4, 0.5) is 0 Å². The predicted octanol–water partition coefficient (Wildman–Crippen LogP) is 3.20. The summed E-state index contributed by atoms with van der Waals surface area (Å²) in [5.74, 6) is 1.63. The standard InChI is InChI=1S/C19H25N3O2.HI/c1-20-19(21-12-13-23-2)22-14-16-8-10-18(11-9-16)24-15-17-6-4-3-5-7-17;/h3-11H,12-15H2,1-2H3,(H2,20,21,22);1H. The van der Waals surface area contributed by atoms with Crippen molar-refractivity contribution in [1.82, 2.24) is 10.6 Å². The molecule has 2 aromatic rings. The Bertz CT molecular complexity index is 618. The quantitative estimate of drug-likeness (QED) is 0.278. The third-order valence-electron chi connectivity index (χ3n) is 3.45. The van der Waals surface area contributed by atoms with Gasteiger partial charge in [-0.05, 0) is 23.3 Å². The molecule has 0 aromatic heterocycles. The van der Waals surface area contributed by atoms with E-state index < -0.39 is 0 Å². The molecule has 0 fully saturated rings. The molecule has 0 amide bonds. The lowest BCUT2D eigenvalue weighted by Gasteiger charge is -2.12. The van der Waals surface area contributed by atoms with Gasteiger partial charge in [0.15, 0.2) is 5.96 Å². The highest BCUT2D eigenvalue weighted by atomic mass is 127. The van der Waals surface area contributed by atoms with E-state index in [9.17, 15) is 0 Å². The van der Waals surface area contributed by atoms with Crippen molar-refractivity contribution in [2.24, 2.45) is 4.99 Å². The van der Waals surface area contributed by atoms with E-state index in [1.807, 2.05) is 30.3 Å². The fraction of sp³-hybridized carbons (Fsp3) is 0.316. The molecule has 25 heavy (non-hydrogen) atoms. The van der Waals surface area contributed by atoms with Crippen molar-refractivity contribution >= 4 is 29.9 Å². The van der Waals surface area contributed by atoms with Crippen LogP contribution in [0.2, 0.25) is 0 Å². The lowest BCUT2D eigenvalue weighted by Crippen LogP contribution is -2.38. The van der Waals surface area contributed by atoms with Crippen LogP contribution in [0.25, 0.3) is 0 Å². The molecule has 2 N–H and O–H groups in total. The molecule has 0 saturated heterocycles. The van der Waals surface area contributed by atoms with Crippen molar-refractivity contribution in [2.45, 2.75) is 13.2 Å². The SMILES string of the molecule is CN=C(NCCOC)NCc1ccc(OCc2ccccc2)cc1.I. The molecule has 0 atom stereocenters. The summed E-state index contributed by atoms with van der Waals surface area (Å²) in [4.78, 5) is 4.17. The number of aliphatic imine (C=N–C) groups is 1. The Morgan fingerprint density at radius 1 is 0.960 bits per heavy atom. The maximum absolute atomic E-state index is 5.79. The van der Waals surface area contributed by atoms with Gasteiger partial charge in [0.2, 0.25) is 0 Å². The van der Waals surface area contributed by atoms with Crippen LogP contribution in [-0.4, -0.2) is 33.3 Å². The van der Waals surface area contributed by atoms with Gasteiger partial charge in [0, 0.05) is 27.2 Å². The number of nitrogens with one attached hydrogen (secondary N) is 2. The average Bonchev–Trinajstić information content (AvgIpc) is 2.64. The molecule has 2 aromatic carbocycles. The molecule has 0 saturated carbocycles. The first-order valence-electron chi connectivity index (χ1n) is 8.01. The number of benzene rings is 2. The molecule has 136 valence electrons. The van der Waals surface area contributed by atoms with E-state index >= 15 is 0 Å². The number of nitrogens with zero attached hydrogens (tertiary/aromatic N) is 1. The summed E-state index contributed by atoms with van der Waals surface area (Å²) in [7, 11) is 3.43. The minimum atomic E-state index is 0. The first kappa shape index (κ1) is 21.2. The second-order valence-corrected chi connectivity index (χ2v) is 5.26. The summed E-state index contributed by atoms with van der Waals surface area (Å²) < 4.78 is 10.8. The van der Waals surface area contributed by atoms with Crippen LogP contribution >= 0.6 is 24.0 Å². The summed E-state index contributed by atoms with van der Waals surface area (Å²) >= 11 is 0. The van der Waals surface area contributed by atoms with Gasteiger partial charge in [0.25, 0.3) is 0 Å². The molecule has 0 aliphatic rings. The molecule has 2 rings (SSSR count). The van der Waals surface area contributed by atoms with E-state index in [1.54, 1.807) is 14.2 Å². The summed E-state index contributed by atoms with van der Waals surface area (Å²) in [6.45, 7) is 2.65. The van der Waals surface area contributed by atoms with Gasteiger partial charge in [0.05, 0.1) is 6.61 Å². The zero-order chi connectivity index (χ0) is 17.0. The van der Waals surface area contributed by atoms with Gasteiger partial charge in [-0.1, -0.05) is 42.5 Å². The smallest absolute Gasteiger partial charge is 0.191 e. The minimum Gasteiger partial charge on any atom is -0.489 e. The minimum absolute atomic E-state index is 0. The Kier molecular flexibility index (Phi) is 10.7. The molecule has 0 spiro atoms. The van der Waals surface area contributed by atoms with Gasteiger partial charge in [-0.15, -0.1) is 24.0 Å². The van der Waals surface area contributed by atoms with Crippen molar-refractivity contribution in [3.05, 3.63) is 65.7 Å². The van der Waals surface area contributed by atoms with Crippen LogP contribution in [0.3, 0.4) is 0 Å². The third kappa shape index (κ3) is 8.22. The Labute approximate surface area is 166 Å². The Morgan fingerprint density at radius 3 is 2.32 bits per heavy atom. The van der Waals surface area contributed by atoms with E-state index in [2.05, 4.69) is 39.9 Å². The number of rotatable bonds is 8. The normalized spacial score (nSPS) is 10.7. The fourth-order valence-electron chi connectivity index (χ4n) is 2.12. The maximum atomic E-state index is 5.79. The van der Waals surface area contributed by atoms with Gasteiger partial charge in [-0.2, -0.15) is 0 Å². The topological polar surface area (TPSA) is 54.9 Å². The van der Waals surface area contributed by atoms with Crippen LogP contribution < -0.4 is 15.4 Å². The zero-order valence-electron chi connectivity index (χ0n) is 14.7. The first-order chi connectivity index (χ1) is 11.8. The van der Waals surface area contributed by atoms with E-state index in [-0.39, 0.29) is 24.0 Å². The van der Waals surface area contributed by atoms with Crippen molar-refractivity contribution in [1.29, 1.82) is 0 Å². The number of guanidine groups is 1. The highest BCUT2D eigenvalue weighted by Gasteiger charge is 2.00. The van der Waals surface area contributed by atoms with Gasteiger partial charge < -0.3 is 20.1 Å². The molecule has 0 heterocycles. The van der Waals surface area contributed by atoms with Crippen molar-refractivity contribution < 1.29 is 9.47 Å². The largest absolute Gasteiger partial charge is 0.489 e. The molecule has 0 radical (unpaired) electrons. The van der Waals surface area contributed by atoms with Crippen LogP contribution in [0.5, 0.6) is 5.75 Å². The molecular weight excluding hydrogens is 429 g/mol. The molecule has 0 aliphatic carbocycles. The highest BCUT2D eigenvalue weighted by molar-refractivity contribution is 14.0. The fourth-order valence-corrected chi connectivity index (χ4v) is 2.12. The molecule has 0 aliphatic heterocycles. The van der Waals surface area contributed by atoms with Gasteiger partial charge in [-0.25, -0.2) is 0 Å². The zero-order valence-corrected chi connectivity index (χ0v) is 17.0. The van der Waals surface area contributed by atoms with E-state index in [0.717, 1.165) is 29.4 Å². The van der Waals surface area contributed by atoms with E-state index in [4.69, 9.17) is 9.47 Å². The number of methoxy groups -OCH3 is 1. The van der Waals surface area contributed by atoms with Gasteiger partial charge >= 0.3 is 0 Å². The van der Waals surface area contributed by atoms with E-state index in [1.165, 1.54) is 0 Å². The van der Waals surface area contributed by atoms with Crippen molar-refractivity contribution in [2.75, 3.05) is 27.3 Å². The second kappa shape index (κ2) is 12.5. The summed E-state index contributed by atoms with van der Waals surface area (Å²) in [5, 5.41) is 6.44. The monoisotopic (exact) mass is 455 g/mol. The lowest BCUT2D eigenvalue weighted by atomic mass is 10.2. The number of hydrogen-bond donors (Lipinski definition) is 2. The Morgan fingerprint density at radius 2 is 1.68 bits per heavy atom. The van der Waals surface area contributed by atoms with Crippen molar-refractivity contribution in [3.63, 3.8) is 0 Å². The van der Waals surface area contributed by atoms with Crippen molar-refractivity contribution in [3.8, 4) is 5.75 Å². The van der Waals surface area contributed by atoms with Gasteiger partial charge in [-0.3, -0.25) is 4.99 Å². The molecular formula is C19H26IN3O2. The average molecular weight is 455 g/mol. The van der Waals surface area contributed by atoms with Crippen LogP contribution in [-0.2, 0) is 17.9 Å². The Balaban J connectivity index is 0.00000312. The Hall–Kier alpha value is -1.80.